The van der Waals surface area contributed by atoms with Gasteiger partial charge in [-0.05, 0) is 111 Å². The molecule has 0 spiro atoms. The molecule has 9 heteroatoms. The SMILES string of the molecule is CC(=O)O[C@H]1C[C@@]2(C)C(C[C@@H](O)C3[C@@]4(C)CCC(NCCN(CCN)CCN)[C@@H](C)C4CC[C@@]32C)/C1=C(\CCC=C(C)C)C(=O)O. The Kier molecular flexibility index (Phi) is 11.9. The van der Waals surface area contributed by atoms with Gasteiger partial charge in [-0.2, -0.15) is 0 Å². The third kappa shape index (κ3) is 6.87. The number of nitrogens with zero attached hydrogens (tertiary/aromatic N) is 1. The molecule has 0 aliphatic heterocycles. The maximum absolute atomic E-state index is 12.8. The summed E-state index contributed by atoms with van der Waals surface area (Å²) >= 11 is 0. The molecule has 4 aliphatic carbocycles. The van der Waals surface area contributed by atoms with Crippen LogP contribution in [0.4, 0.5) is 0 Å². The first kappa shape index (κ1) is 37.0. The quantitative estimate of drug-likeness (QED) is 0.111. The highest BCUT2D eigenvalue weighted by Crippen LogP contribution is 2.74. The normalized spacial score (nSPS) is 39.7. The maximum atomic E-state index is 12.8. The van der Waals surface area contributed by atoms with Crippen molar-refractivity contribution in [2.75, 3.05) is 39.3 Å². The molecule has 4 fully saturated rings. The Morgan fingerprint density at radius 1 is 1.04 bits per heavy atom. The van der Waals surface area contributed by atoms with Gasteiger partial charge in [0.15, 0.2) is 0 Å². The van der Waals surface area contributed by atoms with E-state index in [0.29, 0.717) is 62.2 Å². The summed E-state index contributed by atoms with van der Waals surface area (Å²) in [7, 11) is 0. The van der Waals surface area contributed by atoms with Crippen LogP contribution < -0.4 is 16.8 Å². The first-order chi connectivity index (χ1) is 21.6. The van der Waals surface area contributed by atoms with Gasteiger partial charge >= 0.3 is 11.9 Å². The third-order valence-corrected chi connectivity index (χ3v) is 13.3. The molecule has 0 bridgehead atoms. The molecule has 0 aromatic heterocycles. The van der Waals surface area contributed by atoms with Gasteiger partial charge in [-0.25, -0.2) is 4.79 Å². The Balaban J connectivity index is 1.62. The van der Waals surface area contributed by atoms with Crippen molar-refractivity contribution >= 4 is 11.9 Å². The van der Waals surface area contributed by atoms with Crippen LogP contribution in [0.1, 0.15) is 99.8 Å². The van der Waals surface area contributed by atoms with Gasteiger partial charge in [-0.1, -0.05) is 39.3 Å². The van der Waals surface area contributed by atoms with Crippen LogP contribution in [-0.4, -0.2) is 84.6 Å². The highest BCUT2D eigenvalue weighted by atomic mass is 16.5. The van der Waals surface area contributed by atoms with E-state index in [1.807, 2.05) is 13.8 Å². The van der Waals surface area contributed by atoms with Crippen molar-refractivity contribution in [2.24, 2.45) is 51.4 Å². The third-order valence-electron chi connectivity index (χ3n) is 13.3. The Labute approximate surface area is 277 Å². The molecular weight excluding hydrogens is 580 g/mol. The summed E-state index contributed by atoms with van der Waals surface area (Å²) in [6.45, 7) is 19.8. The van der Waals surface area contributed by atoms with Gasteiger partial charge in [0.2, 0.25) is 0 Å². The van der Waals surface area contributed by atoms with Gasteiger partial charge < -0.3 is 31.7 Å². The molecule has 4 aliphatic rings. The van der Waals surface area contributed by atoms with Gasteiger partial charge in [-0.15, -0.1) is 0 Å². The number of carboxylic acids is 1. The Morgan fingerprint density at radius 2 is 1.72 bits per heavy atom. The number of carbonyl (C=O) groups is 2. The number of aliphatic hydroxyl groups excluding tert-OH is 1. The van der Waals surface area contributed by atoms with Gasteiger partial charge in [0.25, 0.3) is 0 Å². The number of hydrogen-bond donors (Lipinski definition) is 5. The number of allylic oxidation sites excluding steroid dienone is 2. The number of carbonyl (C=O) groups excluding carboxylic acids is 1. The van der Waals surface area contributed by atoms with Crippen LogP contribution in [0.15, 0.2) is 22.8 Å². The summed E-state index contributed by atoms with van der Waals surface area (Å²) in [6.07, 6.45) is 7.24. The van der Waals surface area contributed by atoms with Gasteiger partial charge in [-0.3, -0.25) is 9.69 Å². The van der Waals surface area contributed by atoms with Gasteiger partial charge in [0.05, 0.1) is 6.10 Å². The zero-order valence-electron chi connectivity index (χ0n) is 29.7. The monoisotopic (exact) mass is 644 g/mol. The number of ether oxygens (including phenoxy) is 1. The van der Waals surface area contributed by atoms with E-state index in [9.17, 15) is 19.8 Å². The summed E-state index contributed by atoms with van der Waals surface area (Å²) in [4.78, 5) is 27.5. The zero-order valence-corrected chi connectivity index (χ0v) is 29.7. The van der Waals surface area contributed by atoms with Crippen molar-refractivity contribution in [2.45, 2.75) is 118 Å². The zero-order chi connectivity index (χ0) is 34.0. The lowest BCUT2D eigenvalue weighted by atomic mass is 9.36. The van der Waals surface area contributed by atoms with Crippen LogP contribution in [0.25, 0.3) is 0 Å². The molecule has 4 unspecified atom stereocenters. The van der Waals surface area contributed by atoms with E-state index in [-0.39, 0.29) is 34.1 Å². The van der Waals surface area contributed by atoms with Gasteiger partial charge in [0.1, 0.15) is 6.10 Å². The summed E-state index contributed by atoms with van der Waals surface area (Å²) < 4.78 is 5.96. The molecule has 262 valence electrons. The number of hydrogen-bond acceptors (Lipinski definition) is 8. The van der Waals surface area contributed by atoms with Crippen LogP contribution in [0, 0.1) is 39.9 Å². The fourth-order valence-corrected chi connectivity index (χ4v) is 11.2. The van der Waals surface area contributed by atoms with Crippen molar-refractivity contribution in [1.82, 2.24) is 10.2 Å². The second kappa shape index (κ2) is 14.8. The van der Waals surface area contributed by atoms with Crippen LogP contribution in [0.3, 0.4) is 0 Å². The fourth-order valence-electron chi connectivity index (χ4n) is 11.2. The Bertz CT molecular complexity index is 1160. The second-order valence-corrected chi connectivity index (χ2v) is 16.1. The number of nitrogens with one attached hydrogen (secondary N) is 1. The molecule has 0 amide bonds. The van der Waals surface area contributed by atoms with E-state index < -0.39 is 18.2 Å². The van der Waals surface area contributed by atoms with Crippen molar-refractivity contribution in [3.63, 3.8) is 0 Å². The molecule has 0 heterocycles. The molecule has 0 aromatic carbocycles. The minimum absolute atomic E-state index is 0.0361. The molecular formula is C37H64N4O5. The molecule has 4 saturated carbocycles. The maximum Gasteiger partial charge on any atom is 0.331 e. The second-order valence-electron chi connectivity index (χ2n) is 16.1. The number of fused-ring (bicyclic) bond motifs is 5. The molecule has 4 rings (SSSR count). The number of esters is 1. The average Bonchev–Trinajstić information content (AvgIpc) is 3.23. The van der Waals surface area contributed by atoms with Crippen molar-refractivity contribution in [3.05, 3.63) is 22.8 Å². The standard InChI is InChI=1S/C37H64N4O5/c1-23(2)9-8-10-26(34(44)45)32-28-21-30(43)33-35(5)13-12-29(40-17-20-41(18-15-38)19-16-39)24(3)27(35)11-14-36(33,6)37(28,7)22-31(32)46-25(4)42/h9,24,27-31,33,40,43H,8,10-22,38-39H2,1-7H3,(H,44,45)/b32-26-/t24-,27?,28?,29?,30+,31-,33?,35-,36-,37-/m0/s1. The highest BCUT2D eigenvalue weighted by Gasteiger charge is 2.70. The largest absolute Gasteiger partial charge is 0.478 e. The molecule has 7 N–H and O–H groups in total. The number of nitrogens with two attached hydrogens (primary N) is 2. The molecule has 0 radical (unpaired) electrons. The predicted molar refractivity (Wildman–Crippen MR) is 183 cm³/mol. The van der Waals surface area contributed by atoms with Crippen LogP contribution in [0.5, 0.6) is 0 Å². The van der Waals surface area contributed by atoms with E-state index in [0.717, 1.165) is 63.0 Å². The van der Waals surface area contributed by atoms with Crippen molar-refractivity contribution in [3.8, 4) is 0 Å². The Morgan fingerprint density at radius 3 is 2.30 bits per heavy atom. The van der Waals surface area contributed by atoms with E-state index in [2.05, 4.69) is 44.0 Å². The predicted octanol–water partition coefficient (Wildman–Crippen LogP) is 4.48. The van der Waals surface area contributed by atoms with E-state index in [1.165, 1.54) is 6.92 Å². The summed E-state index contributed by atoms with van der Waals surface area (Å²) in [5.41, 5.74) is 13.3. The van der Waals surface area contributed by atoms with Crippen LogP contribution in [-0.2, 0) is 14.3 Å². The van der Waals surface area contributed by atoms with Crippen molar-refractivity contribution in [1.29, 1.82) is 0 Å². The van der Waals surface area contributed by atoms with Crippen LogP contribution >= 0.6 is 0 Å². The fraction of sp³-hybridized carbons (Fsp3) is 0.838. The van der Waals surface area contributed by atoms with E-state index >= 15 is 0 Å². The first-order valence-electron chi connectivity index (χ1n) is 17.9. The molecule has 0 saturated heterocycles. The number of aliphatic carboxylic acids is 1. The Hall–Kier alpha value is -1.78. The summed E-state index contributed by atoms with van der Waals surface area (Å²) in [5.74, 6) is -0.429. The van der Waals surface area contributed by atoms with Crippen LogP contribution in [0.2, 0.25) is 0 Å². The van der Waals surface area contributed by atoms with E-state index in [4.69, 9.17) is 16.2 Å². The molecule has 10 atom stereocenters. The smallest absolute Gasteiger partial charge is 0.331 e. The molecule has 9 nitrogen and oxygen atoms in total. The number of aliphatic hydroxyl groups is 1. The lowest BCUT2D eigenvalue weighted by Gasteiger charge is -2.69. The highest BCUT2D eigenvalue weighted by molar-refractivity contribution is 5.88. The summed E-state index contributed by atoms with van der Waals surface area (Å²) in [5, 5.41) is 26.6. The number of carboxylic acid groups (broad SMARTS) is 1. The van der Waals surface area contributed by atoms with Crippen molar-refractivity contribution < 1.29 is 24.5 Å². The molecule has 0 aromatic rings. The van der Waals surface area contributed by atoms with E-state index in [1.54, 1.807) is 0 Å². The summed E-state index contributed by atoms with van der Waals surface area (Å²) in [6, 6.07) is 0.428. The van der Waals surface area contributed by atoms with Gasteiger partial charge in [0, 0.05) is 57.8 Å². The lowest BCUT2D eigenvalue weighted by Crippen LogP contribution is -2.66. The minimum Gasteiger partial charge on any atom is -0.478 e. The lowest BCUT2D eigenvalue weighted by molar-refractivity contribution is -0.227. The first-order valence-corrected chi connectivity index (χ1v) is 17.9. The number of rotatable bonds is 13. The average molecular weight is 645 g/mol. The minimum atomic E-state index is -0.940. The molecule has 46 heavy (non-hydrogen) atoms. The topological polar surface area (TPSA) is 151 Å².